The molecule has 0 atom stereocenters. The third kappa shape index (κ3) is 4.49. The van der Waals surface area contributed by atoms with E-state index in [-0.39, 0.29) is 5.91 Å². The minimum Gasteiger partial charge on any atom is -0.492 e. The zero-order valence-corrected chi connectivity index (χ0v) is 19.9. The van der Waals surface area contributed by atoms with Gasteiger partial charge in [-0.15, -0.1) is 0 Å². The zero-order chi connectivity index (χ0) is 19.6. The third-order valence-electron chi connectivity index (χ3n) is 3.69. The second-order valence-electron chi connectivity index (χ2n) is 5.46. The molecule has 1 fully saturated rings. The van der Waals surface area contributed by atoms with E-state index in [1.807, 2.05) is 49.4 Å². The maximum atomic E-state index is 12.9. The maximum Gasteiger partial charge on any atom is 0.270 e. The molecule has 1 amide bonds. The molecule has 2 aromatic rings. The Hall–Kier alpha value is -1.10. The number of anilines is 1. The summed E-state index contributed by atoms with van der Waals surface area (Å²) in [6, 6.07) is 11.3. The number of thioether (sulfide) groups is 1. The Kier molecular flexibility index (Phi) is 6.83. The smallest absolute Gasteiger partial charge is 0.270 e. The van der Waals surface area contributed by atoms with E-state index in [9.17, 15) is 4.79 Å². The van der Waals surface area contributed by atoms with Crippen LogP contribution in [0.5, 0.6) is 11.5 Å². The van der Waals surface area contributed by atoms with Crippen LogP contribution in [0, 0.1) is 3.57 Å². The predicted octanol–water partition coefficient (Wildman–Crippen LogP) is 5.87. The van der Waals surface area contributed by atoms with Crippen molar-refractivity contribution in [2.45, 2.75) is 6.92 Å². The van der Waals surface area contributed by atoms with Crippen LogP contribution < -0.4 is 14.4 Å². The lowest BCUT2D eigenvalue weighted by Crippen LogP contribution is -2.27. The average molecular weight is 576 g/mol. The van der Waals surface area contributed by atoms with Crippen molar-refractivity contribution in [1.82, 2.24) is 0 Å². The summed E-state index contributed by atoms with van der Waals surface area (Å²) in [6.45, 7) is 2.45. The third-order valence-corrected chi connectivity index (χ3v) is 6.29. The standard InChI is InChI=1S/C19H15BrINO3S2/c1-3-25-15-8-11(7-14(21)17(15)24-2)9-16-18(23)22(19(26)27-16)13-6-4-5-12(20)10-13/h4-10H,3H2,1-2H3/b16-9+. The van der Waals surface area contributed by atoms with Crippen LogP contribution in [0.3, 0.4) is 0 Å². The van der Waals surface area contributed by atoms with Gasteiger partial charge in [0.1, 0.15) is 0 Å². The number of hydrogen-bond donors (Lipinski definition) is 0. The first-order chi connectivity index (χ1) is 12.9. The number of rotatable bonds is 5. The van der Waals surface area contributed by atoms with Gasteiger partial charge in [0.15, 0.2) is 15.8 Å². The van der Waals surface area contributed by atoms with Crippen molar-refractivity contribution < 1.29 is 14.3 Å². The Labute approximate surface area is 189 Å². The number of carbonyl (C=O) groups is 1. The number of hydrogen-bond acceptors (Lipinski definition) is 5. The fourth-order valence-electron chi connectivity index (χ4n) is 2.59. The first-order valence-electron chi connectivity index (χ1n) is 7.98. The summed E-state index contributed by atoms with van der Waals surface area (Å²) < 4.78 is 13.4. The SMILES string of the molecule is CCOc1cc(/C=C2/SC(=S)N(c3cccc(Br)c3)C2=O)cc(I)c1OC. The Morgan fingerprint density at radius 3 is 2.78 bits per heavy atom. The Morgan fingerprint density at radius 2 is 2.11 bits per heavy atom. The monoisotopic (exact) mass is 575 g/mol. The van der Waals surface area contributed by atoms with Gasteiger partial charge >= 0.3 is 0 Å². The van der Waals surface area contributed by atoms with Gasteiger partial charge in [-0.3, -0.25) is 9.69 Å². The molecule has 3 rings (SSSR count). The molecule has 0 radical (unpaired) electrons. The van der Waals surface area contributed by atoms with E-state index in [0.717, 1.165) is 19.3 Å². The summed E-state index contributed by atoms with van der Waals surface area (Å²) >= 11 is 12.4. The van der Waals surface area contributed by atoms with E-state index in [0.29, 0.717) is 27.3 Å². The van der Waals surface area contributed by atoms with E-state index in [1.54, 1.807) is 12.0 Å². The number of halogens is 2. The molecule has 2 aromatic carbocycles. The van der Waals surface area contributed by atoms with Crippen molar-refractivity contribution in [3.05, 3.63) is 54.9 Å². The Balaban J connectivity index is 1.96. The molecular formula is C19H15BrINO3S2. The summed E-state index contributed by atoms with van der Waals surface area (Å²) in [4.78, 5) is 15.0. The number of thiocarbonyl (C=S) groups is 1. The van der Waals surface area contributed by atoms with E-state index < -0.39 is 0 Å². The van der Waals surface area contributed by atoms with Gasteiger partial charge in [-0.05, 0) is 71.5 Å². The van der Waals surface area contributed by atoms with Crippen LogP contribution in [-0.4, -0.2) is 23.9 Å². The molecule has 1 aliphatic rings. The van der Waals surface area contributed by atoms with Crippen molar-refractivity contribution in [3.63, 3.8) is 0 Å². The van der Waals surface area contributed by atoms with E-state index in [2.05, 4.69) is 38.5 Å². The predicted molar refractivity (Wildman–Crippen MR) is 127 cm³/mol. The van der Waals surface area contributed by atoms with Crippen molar-refractivity contribution in [2.24, 2.45) is 0 Å². The van der Waals surface area contributed by atoms with Gasteiger partial charge in [0, 0.05) is 4.47 Å². The molecule has 1 heterocycles. The lowest BCUT2D eigenvalue weighted by Gasteiger charge is -2.14. The molecule has 0 N–H and O–H groups in total. The largest absolute Gasteiger partial charge is 0.492 e. The van der Waals surface area contributed by atoms with Crippen LogP contribution in [0.25, 0.3) is 6.08 Å². The number of carbonyl (C=O) groups excluding carboxylic acids is 1. The molecule has 8 heteroatoms. The first-order valence-corrected chi connectivity index (χ1v) is 11.1. The molecule has 140 valence electrons. The molecule has 4 nitrogen and oxygen atoms in total. The van der Waals surface area contributed by atoms with E-state index in [1.165, 1.54) is 11.8 Å². The summed E-state index contributed by atoms with van der Waals surface area (Å²) in [5.41, 5.74) is 1.60. The quantitative estimate of drug-likeness (QED) is 0.253. The zero-order valence-electron chi connectivity index (χ0n) is 14.5. The summed E-state index contributed by atoms with van der Waals surface area (Å²) in [7, 11) is 1.61. The van der Waals surface area contributed by atoms with Crippen molar-refractivity contribution in [1.29, 1.82) is 0 Å². The fraction of sp³-hybridized carbons (Fsp3) is 0.158. The van der Waals surface area contributed by atoms with Gasteiger partial charge in [-0.25, -0.2) is 0 Å². The van der Waals surface area contributed by atoms with Gasteiger partial charge in [-0.2, -0.15) is 0 Å². The van der Waals surface area contributed by atoms with Crippen molar-refractivity contribution >= 4 is 84.5 Å². The normalized spacial score (nSPS) is 15.6. The lowest BCUT2D eigenvalue weighted by atomic mass is 10.1. The van der Waals surface area contributed by atoms with Crippen molar-refractivity contribution in [3.8, 4) is 11.5 Å². The maximum absolute atomic E-state index is 12.9. The number of nitrogens with zero attached hydrogens (tertiary/aromatic N) is 1. The highest BCUT2D eigenvalue weighted by molar-refractivity contribution is 14.1. The second-order valence-corrected chi connectivity index (χ2v) is 9.22. The summed E-state index contributed by atoms with van der Waals surface area (Å²) in [6.07, 6.45) is 1.83. The lowest BCUT2D eigenvalue weighted by molar-refractivity contribution is -0.113. The minimum atomic E-state index is -0.133. The highest BCUT2D eigenvalue weighted by Gasteiger charge is 2.33. The summed E-state index contributed by atoms with van der Waals surface area (Å²) in [5.74, 6) is 1.21. The molecule has 0 unspecified atom stereocenters. The second kappa shape index (κ2) is 8.93. The number of ether oxygens (including phenoxy) is 2. The minimum absolute atomic E-state index is 0.133. The molecule has 0 bridgehead atoms. The topological polar surface area (TPSA) is 38.8 Å². The number of benzene rings is 2. The van der Waals surface area contributed by atoms with Crippen LogP contribution in [0.2, 0.25) is 0 Å². The highest BCUT2D eigenvalue weighted by atomic mass is 127. The molecule has 1 saturated heterocycles. The molecule has 0 aromatic heterocycles. The van der Waals surface area contributed by atoms with Crippen LogP contribution >= 0.6 is 62.5 Å². The van der Waals surface area contributed by atoms with Crippen LogP contribution in [0.4, 0.5) is 5.69 Å². The van der Waals surface area contributed by atoms with Gasteiger partial charge in [-0.1, -0.05) is 46.0 Å². The van der Waals surface area contributed by atoms with Gasteiger partial charge in [0.25, 0.3) is 5.91 Å². The summed E-state index contributed by atoms with van der Waals surface area (Å²) in [5, 5.41) is 0. The van der Waals surface area contributed by atoms with Gasteiger partial charge in [0.2, 0.25) is 0 Å². The van der Waals surface area contributed by atoms with Crippen LogP contribution in [0.15, 0.2) is 45.8 Å². The van der Waals surface area contributed by atoms with Crippen molar-refractivity contribution in [2.75, 3.05) is 18.6 Å². The molecule has 0 spiro atoms. The first kappa shape index (κ1) is 20.6. The molecule has 1 aliphatic heterocycles. The molecular weight excluding hydrogens is 561 g/mol. The number of amides is 1. The Morgan fingerprint density at radius 1 is 1.33 bits per heavy atom. The van der Waals surface area contributed by atoms with Gasteiger partial charge in [0.05, 0.1) is 27.9 Å². The number of methoxy groups -OCH3 is 1. The molecule has 0 saturated carbocycles. The van der Waals surface area contributed by atoms with Gasteiger partial charge < -0.3 is 9.47 Å². The van der Waals surface area contributed by atoms with Crippen LogP contribution in [-0.2, 0) is 4.79 Å². The fourth-order valence-corrected chi connectivity index (χ4v) is 5.12. The van der Waals surface area contributed by atoms with E-state index in [4.69, 9.17) is 21.7 Å². The van der Waals surface area contributed by atoms with Crippen LogP contribution in [0.1, 0.15) is 12.5 Å². The highest BCUT2D eigenvalue weighted by Crippen LogP contribution is 2.39. The Bertz CT molecular complexity index is 949. The molecule has 0 aliphatic carbocycles. The van der Waals surface area contributed by atoms with E-state index >= 15 is 0 Å². The average Bonchev–Trinajstić information content (AvgIpc) is 2.88. The molecule has 27 heavy (non-hydrogen) atoms.